The minimum atomic E-state index is 0.769. The van der Waals surface area contributed by atoms with E-state index in [1.54, 1.807) is 0 Å². The van der Waals surface area contributed by atoms with Crippen molar-refractivity contribution in [1.29, 1.82) is 0 Å². The summed E-state index contributed by atoms with van der Waals surface area (Å²) in [6, 6.07) is 29.4. The van der Waals surface area contributed by atoms with Crippen molar-refractivity contribution in [2.75, 3.05) is 5.73 Å². The van der Waals surface area contributed by atoms with Crippen molar-refractivity contribution in [2.45, 2.75) is 6.92 Å². The number of fused-ring (bicyclic) bond motifs is 4. The zero-order valence-electron chi connectivity index (χ0n) is 16.6. The Kier molecular flexibility index (Phi) is 3.53. The molecule has 3 nitrogen and oxygen atoms in total. The molecule has 6 aromatic rings. The van der Waals surface area contributed by atoms with Crippen LogP contribution < -0.4 is 5.73 Å². The Morgan fingerprint density at radius 1 is 0.767 bits per heavy atom. The van der Waals surface area contributed by atoms with Crippen molar-refractivity contribution in [3.8, 4) is 16.8 Å². The molecule has 30 heavy (non-hydrogen) atoms. The lowest BCUT2D eigenvalue weighted by atomic mass is 10.0. The number of hydrogen-bond donors (Lipinski definition) is 1. The number of rotatable bonds is 2. The van der Waals surface area contributed by atoms with Gasteiger partial charge in [-0.05, 0) is 60.5 Å². The van der Waals surface area contributed by atoms with Crippen molar-refractivity contribution in [3.05, 3.63) is 96.7 Å². The number of nitrogen functional groups attached to an aromatic ring is 1. The highest BCUT2D eigenvalue weighted by molar-refractivity contribution is 6.09. The molecule has 0 bridgehead atoms. The summed E-state index contributed by atoms with van der Waals surface area (Å²) in [4.78, 5) is 0. The molecule has 0 saturated heterocycles. The summed E-state index contributed by atoms with van der Waals surface area (Å²) in [5.41, 5.74) is 14.3. The normalized spacial score (nSPS) is 11.6. The summed E-state index contributed by atoms with van der Waals surface area (Å²) in [5, 5.41) is 3.37. The fourth-order valence-corrected chi connectivity index (χ4v) is 4.35. The molecule has 4 aromatic carbocycles. The third kappa shape index (κ3) is 2.52. The zero-order valence-corrected chi connectivity index (χ0v) is 16.6. The topological polar surface area (TPSA) is 44.1 Å². The zero-order chi connectivity index (χ0) is 20.2. The van der Waals surface area contributed by atoms with Gasteiger partial charge in [0.1, 0.15) is 5.58 Å². The first-order chi connectivity index (χ1) is 14.7. The van der Waals surface area contributed by atoms with Gasteiger partial charge in [0.05, 0.1) is 11.2 Å². The Labute approximate surface area is 174 Å². The highest BCUT2D eigenvalue weighted by atomic mass is 16.3. The molecule has 0 unspecified atom stereocenters. The van der Waals surface area contributed by atoms with Gasteiger partial charge in [-0.25, -0.2) is 0 Å². The van der Waals surface area contributed by atoms with Crippen LogP contribution in [0.2, 0.25) is 0 Å². The molecule has 2 aromatic heterocycles. The maximum Gasteiger partial charge on any atom is 0.159 e. The van der Waals surface area contributed by atoms with Gasteiger partial charge in [0.2, 0.25) is 0 Å². The van der Waals surface area contributed by atoms with Crippen LogP contribution in [-0.2, 0) is 0 Å². The SMILES string of the molecule is Cc1cccc(-c2ccc3oc4c(-n5ccc6cc(N)ccc65)cccc4c3c2)c1. The monoisotopic (exact) mass is 388 g/mol. The van der Waals surface area contributed by atoms with E-state index in [0.29, 0.717) is 0 Å². The van der Waals surface area contributed by atoms with Gasteiger partial charge >= 0.3 is 0 Å². The van der Waals surface area contributed by atoms with Gasteiger partial charge < -0.3 is 14.7 Å². The molecular formula is C27H20N2O. The number of para-hydroxylation sites is 1. The van der Waals surface area contributed by atoms with Crippen molar-refractivity contribution in [2.24, 2.45) is 0 Å². The first-order valence-electron chi connectivity index (χ1n) is 10.1. The lowest BCUT2D eigenvalue weighted by Gasteiger charge is -2.06. The molecule has 6 rings (SSSR count). The Balaban J connectivity index is 1.59. The van der Waals surface area contributed by atoms with E-state index in [0.717, 1.165) is 44.2 Å². The van der Waals surface area contributed by atoms with E-state index >= 15 is 0 Å². The molecule has 2 heterocycles. The predicted molar refractivity (Wildman–Crippen MR) is 125 cm³/mol. The lowest BCUT2D eigenvalue weighted by Crippen LogP contribution is -1.92. The number of benzene rings is 4. The predicted octanol–water partition coefficient (Wildman–Crippen LogP) is 7.09. The van der Waals surface area contributed by atoms with Gasteiger partial charge in [0.25, 0.3) is 0 Å². The van der Waals surface area contributed by atoms with Gasteiger partial charge in [-0.15, -0.1) is 0 Å². The summed E-state index contributed by atoms with van der Waals surface area (Å²) in [6.45, 7) is 2.12. The summed E-state index contributed by atoms with van der Waals surface area (Å²) < 4.78 is 8.52. The molecule has 0 spiro atoms. The Morgan fingerprint density at radius 3 is 2.53 bits per heavy atom. The lowest BCUT2D eigenvalue weighted by molar-refractivity contribution is 0.666. The van der Waals surface area contributed by atoms with Crippen molar-refractivity contribution < 1.29 is 4.42 Å². The molecule has 144 valence electrons. The minimum Gasteiger partial charge on any atom is -0.454 e. The van der Waals surface area contributed by atoms with Gasteiger partial charge in [-0.2, -0.15) is 0 Å². The van der Waals surface area contributed by atoms with E-state index in [4.69, 9.17) is 10.2 Å². The Bertz CT molecular complexity index is 1570. The molecule has 0 radical (unpaired) electrons. The molecular weight excluding hydrogens is 368 g/mol. The molecule has 0 aliphatic heterocycles. The van der Waals surface area contributed by atoms with E-state index in [-0.39, 0.29) is 0 Å². The second-order valence-electron chi connectivity index (χ2n) is 7.84. The van der Waals surface area contributed by atoms with Crippen LogP contribution in [-0.4, -0.2) is 4.57 Å². The van der Waals surface area contributed by atoms with E-state index < -0.39 is 0 Å². The van der Waals surface area contributed by atoms with Gasteiger partial charge in [0, 0.05) is 28.0 Å². The highest BCUT2D eigenvalue weighted by Crippen LogP contribution is 2.36. The van der Waals surface area contributed by atoms with Crippen LogP contribution in [0.3, 0.4) is 0 Å². The second kappa shape index (κ2) is 6.26. The van der Waals surface area contributed by atoms with Crippen LogP contribution in [0, 0.1) is 6.92 Å². The Morgan fingerprint density at radius 2 is 1.63 bits per heavy atom. The van der Waals surface area contributed by atoms with E-state index in [2.05, 4.69) is 90.5 Å². The summed E-state index contributed by atoms with van der Waals surface area (Å²) >= 11 is 0. The van der Waals surface area contributed by atoms with Gasteiger partial charge in [-0.3, -0.25) is 0 Å². The number of nitrogens with two attached hydrogens (primary N) is 1. The van der Waals surface area contributed by atoms with Crippen LogP contribution in [0.5, 0.6) is 0 Å². The summed E-state index contributed by atoms with van der Waals surface area (Å²) in [5.74, 6) is 0. The molecule has 0 aliphatic carbocycles. The fourth-order valence-electron chi connectivity index (χ4n) is 4.35. The van der Waals surface area contributed by atoms with Gasteiger partial charge in [0.15, 0.2) is 5.58 Å². The van der Waals surface area contributed by atoms with Crippen LogP contribution in [0.25, 0.3) is 49.7 Å². The molecule has 3 heteroatoms. The van der Waals surface area contributed by atoms with Crippen molar-refractivity contribution in [3.63, 3.8) is 0 Å². The molecule has 0 fully saturated rings. The molecule has 0 atom stereocenters. The number of anilines is 1. The second-order valence-corrected chi connectivity index (χ2v) is 7.84. The molecule has 0 aliphatic rings. The summed E-state index contributed by atoms with van der Waals surface area (Å²) in [6.07, 6.45) is 2.07. The van der Waals surface area contributed by atoms with Crippen molar-refractivity contribution >= 4 is 38.5 Å². The third-order valence-electron chi connectivity index (χ3n) is 5.80. The smallest absolute Gasteiger partial charge is 0.159 e. The minimum absolute atomic E-state index is 0.769. The van der Waals surface area contributed by atoms with Crippen LogP contribution in [0.15, 0.2) is 95.5 Å². The maximum atomic E-state index is 6.35. The molecule has 0 amide bonds. The highest BCUT2D eigenvalue weighted by Gasteiger charge is 2.14. The maximum absolute atomic E-state index is 6.35. The number of hydrogen-bond acceptors (Lipinski definition) is 2. The molecule has 0 saturated carbocycles. The van der Waals surface area contributed by atoms with Crippen LogP contribution in [0.4, 0.5) is 5.69 Å². The number of furan rings is 1. The third-order valence-corrected chi connectivity index (χ3v) is 5.80. The van der Waals surface area contributed by atoms with Crippen LogP contribution >= 0.6 is 0 Å². The van der Waals surface area contributed by atoms with Gasteiger partial charge in [-0.1, -0.05) is 48.0 Å². The standard InChI is InChI=1S/C27H20N2O/c1-17-4-2-5-18(14-17)19-8-11-26-23(16-19)22-6-3-7-25(27(22)30-26)29-13-12-20-15-21(28)9-10-24(20)29/h2-16H,28H2,1H3. The average Bonchev–Trinajstić information content (AvgIpc) is 3.34. The summed E-state index contributed by atoms with van der Waals surface area (Å²) in [7, 11) is 0. The average molecular weight is 388 g/mol. The first kappa shape index (κ1) is 16.9. The van der Waals surface area contributed by atoms with Crippen LogP contribution in [0.1, 0.15) is 5.56 Å². The van der Waals surface area contributed by atoms with Crippen molar-refractivity contribution in [1.82, 2.24) is 4.57 Å². The first-order valence-corrected chi connectivity index (χ1v) is 10.1. The number of aromatic nitrogens is 1. The largest absolute Gasteiger partial charge is 0.454 e. The number of aryl methyl sites for hydroxylation is 1. The Hall–Kier alpha value is -3.98. The quantitative estimate of drug-likeness (QED) is 0.322. The molecule has 2 N–H and O–H groups in total. The van der Waals surface area contributed by atoms with E-state index in [1.165, 1.54) is 16.7 Å². The fraction of sp³-hybridized carbons (Fsp3) is 0.0370. The van der Waals surface area contributed by atoms with E-state index in [1.807, 2.05) is 12.1 Å². The van der Waals surface area contributed by atoms with E-state index in [9.17, 15) is 0 Å². The number of nitrogens with zero attached hydrogens (tertiary/aromatic N) is 1.